The molecule has 0 saturated heterocycles. The summed E-state index contributed by atoms with van der Waals surface area (Å²) < 4.78 is 17.9. The van der Waals surface area contributed by atoms with Gasteiger partial charge >= 0.3 is 12.0 Å². The summed E-state index contributed by atoms with van der Waals surface area (Å²) in [6, 6.07) is 2.67. The molecule has 0 aliphatic carbocycles. The van der Waals surface area contributed by atoms with Gasteiger partial charge in [-0.05, 0) is 37.1 Å². The first-order valence-corrected chi connectivity index (χ1v) is 7.49. The predicted octanol–water partition coefficient (Wildman–Crippen LogP) is 0.707. The number of halogens is 1. The van der Waals surface area contributed by atoms with E-state index in [-0.39, 0.29) is 11.5 Å². The molecule has 4 N–H and O–H groups in total. The molecule has 25 heavy (non-hydrogen) atoms. The van der Waals surface area contributed by atoms with Gasteiger partial charge in [0.2, 0.25) is 0 Å². The number of imide groups is 1. The summed E-state index contributed by atoms with van der Waals surface area (Å²) in [5.41, 5.74) is 4.98. The maximum absolute atomic E-state index is 12.9. The number of primary amides is 1. The Balaban J connectivity index is 2.76. The Morgan fingerprint density at radius 1 is 1.08 bits per heavy atom. The van der Waals surface area contributed by atoms with E-state index in [9.17, 15) is 23.6 Å². The third-order valence-electron chi connectivity index (χ3n) is 3.22. The molecule has 0 radical (unpaired) electrons. The van der Waals surface area contributed by atoms with Gasteiger partial charge in [0.05, 0.1) is 0 Å². The monoisotopic (exact) mass is 353 g/mol. The number of nitrogens with two attached hydrogens (primary N) is 1. The SMILES string of the molecule is CC(OC(=O)[C@@H](NC(=O)c1ccc(F)cc1)C(C)C)C(=O)NC(N)=O. The van der Waals surface area contributed by atoms with Gasteiger partial charge in [0.15, 0.2) is 6.10 Å². The number of benzene rings is 1. The highest BCUT2D eigenvalue weighted by Crippen LogP contribution is 2.09. The third kappa shape index (κ3) is 6.21. The Bertz CT molecular complexity index is 660. The van der Waals surface area contributed by atoms with Crippen LogP contribution < -0.4 is 16.4 Å². The van der Waals surface area contributed by atoms with Gasteiger partial charge in [-0.2, -0.15) is 0 Å². The van der Waals surface area contributed by atoms with Gasteiger partial charge in [0.1, 0.15) is 11.9 Å². The van der Waals surface area contributed by atoms with Crippen molar-refractivity contribution in [3.63, 3.8) is 0 Å². The molecule has 0 aliphatic rings. The van der Waals surface area contributed by atoms with E-state index in [1.807, 2.05) is 0 Å². The Morgan fingerprint density at radius 2 is 1.64 bits per heavy atom. The highest BCUT2D eigenvalue weighted by molar-refractivity contribution is 5.98. The molecule has 1 aromatic rings. The molecule has 1 aromatic carbocycles. The molecule has 0 bridgehead atoms. The molecule has 0 spiro atoms. The number of nitrogens with one attached hydrogen (secondary N) is 2. The number of hydrogen-bond donors (Lipinski definition) is 3. The zero-order valence-corrected chi connectivity index (χ0v) is 14.0. The molecule has 0 aliphatic heterocycles. The zero-order valence-electron chi connectivity index (χ0n) is 14.0. The summed E-state index contributed by atoms with van der Waals surface area (Å²) in [5, 5.41) is 4.27. The summed E-state index contributed by atoms with van der Waals surface area (Å²) in [7, 11) is 0. The van der Waals surface area contributed by atoms with E-state index in [2.05, 4.69) is 5.32 Å². The van der Waals surface area contributed by atoms with Crippen molar-refractivity contribution >= 4 is 23.8 Å². The molecule has 136 valence electrons. The van der Waals surface area contributed by atoms with Crippen molar-refractivity contribution in [3.05, 3.63) is 35.6 Å². The summed E-state index contributed by atoms with van der Waals surface area (Å²) in [6.07, 6.45) is -1.27. The fourth-order valence-electron chi connectivity index (χ4n) is 1.85. The lowest BCUT2D eigenvalue weighted by molar-refractivity contribution is -0.157. The van der Waals surface area contributed by atoms with Gasteiger partial charge in [-0.25, -0.2) is 14.0 Å². The Labute approximate surface area is 143 Å². The minimum Gasteiger partial charge on any atom is -0.451 e. The maximum atomic E-state index is 12.9. The molecular formula is C16H20FN3O5. The van der Waals surface area contributed by atoms with Crippen LogP contribution in [-0.2, 0) is 14.3 Å². The topological polar surface area (TPSA) is 128 Å². The van der Waals surface area contributed by atoms with E-state index >= 15 is 0 Å². The zero-order chi connectivity index (χ0) is 19.1. The lowest BCUT2D eigenvalue weighted by Crippen LogP contribution is -2.48. The molecule has 0 saturated carbocycles. The van der Waals surface area contributed by atoms with Crippen LogP contribution in [0.15, 0.2) is 24.3 Å². The van der Waals surface area contributed by atoms with Gasteiger partial charge in [0, 0.05) is 5.56 Å². The lowest BCUT2D eigenvalue weighted by Gasteiger charge is -2.22. The number of carbonyl (C=O) groups is 4. The number of amides is 4. The largest absolute Gasteiger partial charge is 0.451 e. The first kappa shape index (κ1) is 20.1. The van der Waals surface area contributed by atoms with E-state index in [1.165, 1.54) is 19.1 Å². The second-order valence-corrected chi connectivity index (χ2v) is 5.63. The van der Waals surface area contributed by atoms with Gasteiger partial charge in [0.25, 0.3) is 11.8 Å². The number of rotatable bonds is 6. The van der Waals surface area contributed by atoms with Crippen LogP contribution >= 0.6 is 0 Å². The fraction of sp³-hybridized carbons (Fsp3) is 0.375. The summed E-state index contributed by atoms with van der Waals surface area (Å²) >= 11 is 0. The summed E-state index contributed by atoms with van der Waals surface area (Å²) in [6.45, 7) is 4.60. The van der Waals surface area contributed by atoms with Gasteiger partial charge in [-0.1, -0.05) is 13.8 Å². The van der Waals surface area contributed by atoms with Crippen LogP contribution in [0, 0.1) is 11.7 Å². The van der Waals surface area contributed by atoms with E-state index in [4.69, 9.17) is 10.5 Å². The van der Waals surface area contributed by atoms with Crippen molar-refractivity contribution in [2.75, 3.05) is 0 Å². The number of hydrogen-bond acceptors (Lipinski definition) is 5. The van der Waals surface area contributed by atoms with E-state index < -0.39 is 41.8 Å². The Hall–Kier alpha value is -2.97. The first-order valence-electron chi connectivity index (χ1n) is 7.49. The average molecular weight is 353 g/mol. The van der Waals surface area contributed by atoms with Crippen LogP contribution in [-0.4, -0.2) is 36.0 Å². The van der Waals surface area contributed by atoms with Crippen molar-refractivity contribution in [1.29, 1.82) is 0 Å². The van der Waals surface area contributed by atoms with Gasteiger partial charge in [-0.15, -0.1) is 0 Å². The van der Waals surface area contributed by atoms with Crippen LogP contribution in [0.25, 0.3) is 0 Å². The lowest BCUT2D eigenvalue weighted by atomic mass is 10.0. The van der Waals surface area contributed by atoms with Crippen molar-refractivity contribution in [2.45, 2.75) is 32.9 Å². The minimum absolute atomic E-state index is 0.166. The number of ether oxygens (including phenoxy) is 1. The number of carbonyl (C=O) groups excluding carboxylic acids is 4. The molecule has 8 nitrogen and oxygen atoms in total. The maximum Gasteiger partial charge on any atom is 0.329 e. The third-order valence-corrected chi connectivity index (χ3v) is 3.22. The minimum atomic E-state index is -1.27. The first-order chi connectivity index (χ1) is 11.6. The second-order valence-electron chi connectivity index (χ2n) is 5.63. The standard InChI is InChI=1S/C16H20FN3O5/c1-8(2)12(15(23)25-9(3)13(21)20-16(18)24)19-14(22)10-4-6-11(17)7-5-10/h4-9,12H,1-3H3,(H,19,22)(H3,18,20,21,24)/t9?,12-/m0/s1. The van der Waals surface area contributed by atoms with Gasteiger partial charge in [-0.3, -0.25) is 14.9 Å². The smallest absolute Gasteiger partial charge is 0.329 e. The highest BCUT2D eigenvalue weighted by Gasteiger charge is 2.29. The van der Waals surface area contributed by atoms with Crippen LogP contribution in [0.1, 0.15) is 31.1 Å². The summed E-state index contributed by atoms with van der Waals surface area (Å²) in [5.74, 6) is -3.16. The quantitative estimate of drug-likeness (QED) is 0.649. The van der Waals surface area contributed by atoms with Crippen LogP contribution in [0.5, 0.6) is 0 Å². The van der Waals surface area contributed by atoms with Crippen LogP contribution in [0.2, 0.25) is 0 Å². The molecule has 0 fully saturated rings. The molecule has 1 rings (SSSR count). The second kappa shape index (κ2) is 8.76. The number of esters is 1. The van der Waals surface area contributed by atoms with Crippen LogP contribution in [0.3, 0.4) is 0 Å². The summed E-state index contributed by atoms with van der Waals surface area (Å²) in [4.78, 5) is 46.6. The average Bonchev–Trinajstić information content (AvgIpc) is 2.51. The molecule has 0 heterocycles. The molecular weight excluding hydrogens is 333 g/mol. The van der Waals surface area contributed by atoms with Crippen molar-refractivity contribution in [2.24, 2.45) is 11.7 Å². The van der Waals surface area contributed by atoms with Crippen molar-refractivity contribution in [1.82, 2.24) is 10.6 Å². The van der Waals surface area contributed by atoms with E-state index in [0.29, 0.717) is 0 Å². The highest BCUT2D eigenvalue weighted by atomic mass is 19.1. The Kier molecular flexibility index (Phi) is 7.04. The van der Waals surface area contributed by atoms with E-state index in [1.54, 1.807) is 19.2 Å². The molecule has 1 unspecified atom stereocenters. The fourth-order valence-corrected chi connectivity index (χ4v) is 1.85. The molecule has 2 atom stereocenters. The number of urea groups is 1. The predicted molar refractivity (Wildman–Crippen MR) is 85.8 cm³/mol. The van der Waals surface area contributed by atoms with Gasteiger partial charge < -0.3 is 15.8 Å². The van der Waals surface area contributed by atoms with Crippen LogP contribution in [0.4, 0.5) is 9.18 Å². The molecule has 0 aromatic heterocycles. The van der Waals surface area contributed by atoms with E-state index in [0.717, 1.165) is 12.1 Å². The molecule has 9 heteroatoms. The Morgan fingerprint density at radius 3 is 2.12 bits per heavy atom. The normalized spacial score (nSPS) is 12.8. The molecule has 4 amide bonds. The van der Waals surface area contributed by atoms with Crippen molar-refractivity contribution in [3.8, 4) is 0 Å². The van der Waals surface area contributed by atoms with Crippen molar-refractivity contribution < 1.29 is 28.3 Å².